The third-order valence-electron chi connectivity index (χ3n) is 3.62. The average molecular weight is 346 g/mol. The van der Waals surface area contributed by atoms with Crippen LogP contribution in [0.5, 0.6) is 0 Å². The molecule has 2 amide bonds. The predicted octanol–water partition coefficient (Wildman–Crippen LogP) is 1.56. The van der Waals surface area contributed by atoms with Gasteiger partial charge >= 0.3 is 6.03 Å². The molecule has 0 unspecified atom stereocenters. The maximum Gasteiger partial charge on any atom is 0.315 e. The molecule has 0 spiro atoms. The lowest BCUT2D eigenvalue weighted by molar-refractivity contribution is 0.227. The van der Waals surface area contributed by atoms with E-state index >= 15 is 0 Å². The van der Waals surface area contributed by atoms with Gasteiger partial charge in [0.2, 0.25) is 10.0 Å². The van der Waals surface area contributed by atoms with E-state index in [4.69, 9.17) is 11.6 Å². The Morgan fingerprint density at radius 1 is 1.27 bits per heavy atom. The standard InChI is InChI=1S/C14H20ClN3O3S/c1-22(20,21)18-8-6-13(7-9-18)17-14(19)16-10-11-2-4-12(15)5-3-11/h2-5,13H,6-10H2,1H3,(H2,16,17,19). The Balaban J connectivity index is 1.73. The number of hydrogen-bond donors (Lipinski definition) is 2. The van der Waals surface area contributed by atoms with E-state index in [1.807, 2.05) is 12.1 Å². The van der Waals surface area contributed by atoms with E-state index in [-0.39, 0.29) is 12.1 Å². The quantitative estimate of drug-likeness (QED) is 0.869. The maximum atomic E-state index is 11.8. The Bertz CT molecular complexity index is 611. The number of nitrogens with one attached hydrogen (secondary N) is 2. The highest BCUT2D eigenvalue weighted by Gasteiger charge is 2.25. The minimum atomic E-state index is -3.13. The van der Waals surface area contributed by atoms with Crippen LogP contribution >= 0.6 is 11.6 Å². The molecule has 1 aliphatic rings. The number of piperidine rings is 1. The minimum Gasteiger partial charge on any atom is -0.335 e. The summed E-state index contributed by atoms with van der Waals surface area (Å²) in [7, 11) is -3.13. The summed E-state index contributed by atoms with van der Waals surface area (Å²) in [5, 5.41) is 6.32. The SMILES string of the molecule is CS(=O)(=O)N1CCC(NC(=O)NCc2ccc(Cl)cc2)CC1. The molecule has 0 bridgehead atoms. The number of sulfonamides is 1. The third-order valence-corrected chi connectivity index (χ3v) is 5.18. The van der Waals surface area contributed by atoms with Gasteiger partial charge in [-0.2, -0.15) is 0 Å². The normalized spacial score (nSPS) is 17.2. The number of halogens is 1. The summed E-state index contributed by atoms with van der Waals surface area (Å²) >= 11 is 5.80. The molecule has 1 fully saturated rings. The highest BCUT2D eigenvalue weighted by Crippen LogP contribution is 2.13. The summed E-state index contributed by atoms with van der Waals surface area (Å²) in [5.41, 5.74) is 0.964. The number of hydrogen-bond acceptors (Lipinski definition) is 3. The Morgan fingerprint density at radius 2 is 1.86 bits per heavy atom. The molecule has 2 rings (SSSR count). The Labute approximate surface area is 135 Å². The first kappa shape index (κ1) is 17.1. The molecule has 1 aromatic rings. The van der Waals surface area contributed by atoms with Crippen LogP contribution in [0.2, 0.25) is 5.02 Å². The van der Waals surface area contributed by atoms with E-state index in [0.717, 1.165) is 5.56 Å². The van der Waals surface area contributed by atoms with Gasteiger partial charge in [0.1, 0.15) is 0 Å². The van der Waals surface area contributed by atoms with Crippen LogP contribution in [0.25, 0.3) is 0 Å². The van der Waals surface area contributed by atoms with Crippen LogP contribution in [0.4, 0.5) is 4.79 Å². The lowest BCUT2D eigenvalue weighted by Gasteiger charge is -2.30. The van der Waals surface area contributed by atoms with E-state index in [1.165, 1.54) is 10.6 Å². The molecule has 1 aromatic carbocycles. The predicted molar refractivity (Wildman–Crippen MR) is 86.3 cm³/mol. The molecule has 8 heteroatoms. The number of urea groups is 1. The molecule has 0 saturated carbocycles. The van der Waals surface area contributed by atoms with Gasteiger partial charge in [-0.1, -0.05) is 23.7 Å². The van der Waals surface area contributed by atoms with Crippen LogP contribution in [0.3, 0.4) is 0 Å². The summed E-state index contributed by atoms with van der Waals surface area (Å²) in [6, 6.07) is 7.02. The second-order valence-electron chi connectivity index (χ2n) is 5.39. The van der Waals surface area contributed by atoms with Crippen LogP contribution in [-0.2, 0) is 16.6 Å². The van der Waals surface area contributed by atoms with E-state index in [0.29, 0.717) is 37.5 Å². The van der Waals surface area contributed by atoms with Crippen LogP contribution in [0, 0.1) is 0 Å². The fourth-order valence-electron chi connectivity index (χ4n) is 2.35. The van der Waals surface area contributed by atoms with E-state index in [1.54, 1.807) is 12.1 Å². The van der Waals surface area contributed by atoms with Crippen molar-refractivity contribution >= 4 is 27.7 Å². The van der Waals surface area contributed by atoms with Crippen LogP contribution in [0.15, 0.2) is 24.3 Å². The maximum absolute atomic E-state index is 11.8. The van der Waals surface area contributed by atoms with Gasteiger partial charge < -0.3 is 10.6 Å². The molecule has 0 atom stereocenters. The molecule has 1 aliphatic heterocycles. The summed E-state index contributed by atoms with van der Waals surface area (Å²) in [5.74, 6) is 0. The van der Waals surface area contributed by atoms with Gasteiger partial charge in [0.15, 0.2) is 0 Å². The molecule has 1 heterocycles. The number of amides is 2. The first-order valence-corrected chi connectivity index (χ1v) is 9.31. The molecular weight excluding hydrogens is 326 g/mol. The molecule has 0 aliphatic carbocycles. The lowest BCUT2D eigenvalue weighted by atomic mass is 10.1. The van der Waals surface area contributed by atoms with Crippen molar-refractivity contribution in [2.24, 2.45) is 0 Å². The molecule has 1 saturated heterocycles. The van der Waals surface area contributed by atoms with Crippen molar-refractivity contribution in [2.75, 3.05) is 19.3 Å². The average Bonchev–Trinajstić information content (AvgIpc) is 2.46. The van der Waals surface area contributed by atoms with Crippen LogP contribution in [-0.4, -0.2) is 44.1 Å². The second kappa shape index (κ2) is 7.30. The molecule has 22 heavy (non-hydrogen) atoms. The smallest absolute Gasteiger partial charge is 0.315 e. The first-order valence-electron chi connectivity index (χ1n) is 7.08. The van der Waals surface area contributed by atoms with Crippen LogP contribution < -0.4 is 10.6 Å². The van der Waals surface area contributed by atoms with Crippen molar-refractivity contribution in [1.82, 2.24) is 14.9 Å². The van der Waals surface area contributed by atoms with E-state index in [2.05, 4.69) is 10.6 Å². The first-order chi connectivity index (χ1) is 10.3. The fraction of sp³-hybridized carbons (Fsp3) is 0.500. The number of carbonyl (C=O) groups is 1. The van der Waals surface area contributed by atoms with Crippen LogP contribution in [0.1, 0.15) is 18.4 Å². The van der Waals surface area contributed by atoms with Gasteiger partial charge in [0, 0.05) is 30.7 Å². The van der Waals surface area contributed by atoms with Crippen molar-refractivity contribution < 1.29 is 13.2 Å². The van der Waals surface area contributed by atoms with Crippen molar-refractivity contribution in [2.45, 2.75) is 25.4 Å². The Morgan fingerprint density at radius 3 is 2.41 bits per heavy atom. The zero-order chi connectivity index (χ0) is 16.2. The summed E-state index contributed by atoms with van der Waals surface area (Å²) < 4.78 is 24.3. The van der Waals surface area contributed by atoms with Crippen molar-refractivity contribution in [3.8, 4) is 0 Å². The zero-order valence-corrected chi connectivity index (χ0v) is 14.0. The number of nitrogens with zero attached hydrogens (tertiary/aromatic N) is 1. The Kier molecular flexibility index (Phi) is 5.66. The second-order valence-corrected chi connectivity index (χ2v) is 7.81. The van der Waals surface area contributed by atoms with Gasteiger partial charge in [0.25, 0.3) is 0 Å². The minimum absolute atomic E-state index is 0.00298. The largest absolute Gasteiger partial charge is 0.335 e. The van der Waals surface area contributed by atoms with Gasteiger partial charge in [0.05, 0.1) is 6.26 Å². The molecule has 6 nitrogen and oxygen atoms in total. The molecular formula is C14H20ClN3O3S. The highest BCUT2D eigenvalue weighted by atomic mass is 35.5. The highest BCUT2D eigenvalue weighted by molar-refractivity contribution is 7.88. The summed E-state index contributed by atoms with van der Waals surface area (Å²) in [6.45, 7) is 1.31. The van der Waals surface area contributed by atoms with Gasteiger partial charge in [-0.15, -0.1) is 0 Å². The van der Waals surface area contributed by atoms with E-state index in [9.17, 15) is 13.2 Å². The summed E-state index contributed by atoms with van der Waals surface area (Å²) in [6.07, 6.45) is 2.46. The molecule has 0 radical (unpaired) electrons. The third kappa shape index (κ3) is 5.15. The fourth-order valence-corrected chi connectivity index (χ4v) is 3.35. The number of rotatable bonds is 4. The van der Waals surface area contributed by atoms with Crippen molar-refractivity contribution in [1.29, 1.82) is 0 Å². The van der Waals surface area contributed by atoms with E-state index < -0.39 is 10.0 Å². The zero-order valence-electron chi connectivity index (χ0n) is 12.4. The summed E-state index contributed by atoms with van der Waals surface area (Å²) in [4.78, 5) is 11.8. The molecule has 0 aromatic heterocycles. The van der Waals surface area contributed by atoms with Crippen molar-refractivity contribution in [3.63, 3.8) is 0 Å². The molecule has 122 valence electrons. The Hall–Kier alpha value is -1.31. The monoisotopic (exact) mass is 345 g/mol. The van der Waals surface area contributed by atoms with Gasteiger partial charge in [-0.25, -0.2) is 17.5 Å². The number of carbonyl (C=O) groups excluding carboxylic acids is 1. The lowest BCUT2D eigenvalue weighted by Crippen LogP contribution is -2.48. The van der Waals surface area contributed by atoms with Crippen molar-refractivity contribution in [3.05, 3.63) is 34.9 Å². The molecule has 2 N–H and O–H groups in total. The topological polar surface area (TPSA) is 78.5 Å². The van der Waals surface area contributed by atoms with Gasteiger partial charge in [-0.3, -0.25) is 0 Å². The van der Waals surface area contributed by atoms with Gasteiger partial charge in [-0.05, 0) is 30.5 Å². The number of benzene rings is 1.